The molecule has 0 aliphatic heterocycles. The highest BCUT2D eigenvalue weighted by Gasteiger charge is 2.46. The molecule has 0 radical (unpaired) electrons. The Kier molecular flexibility index (Phi) is 7.34. The van der Waals surface area contributed by atoms with E-state index in [4.69, 9.17) is 4.74 Å². The van der Waals surface area contributed by atoms with Gasteiger partial charge >= 0.3 is 6.09 Å². The molecular weight excluding hydrogens is 404 g/mol. The zero-order valence-corrected chi connectivity index (χ0v) is 22.9. The first-order chi connectivity index (χ1) is 13.7. The Bertz CT molecular complexity index is 871. The van der Waals surface area contributed by atoms with Crippen LogP contribution in [0.25, 0.3) is 10.9 Å². The van der Waals surface area contributed by atoms with Gasteiger partial charge in [0, 0.05) is 16.9 Å². The third-order valence-corrected chi connectivity index (χ3v) is 15.2. The molecule has 0 bridgehead atoms. The van der Waals surface area contributed by atoms with E-state index in [1.165, 1.54) is 16.1 Å². The van der Waals surface area contributed by atoms with E-state index in [1.807, 2.05) is 19.9 Å². The van der Waals surface area contributed by atoms with E-state index in [9.17, 15) is 4.79 Å². The molecule has 0 saturated carbocycles. The maximum absolute atomic E-state index is 12.4. The maximum Gasteiger partial charge on any atom is 0.412 e. The molecule has 30 heavy (non-hydrogen) atoms. The quantitative estimate of drug-likeness (QED) is 0.480. The summed E-state index contributed by atoms with van der Waals surface area (Å²) >= 11 is 0. The Morgan fingerprint density at radius 3 is 1.87 bits per heavy atom. The first-order valence-electron chi connectivity index (χ1n) is 11.4. The van der Waals surface area contributed by atoms with E-state index in [0.717, 1.165) is 0 Å². The lowest BCUT2D eigenvalue weighted by atomic mass is 10.2. The van der Waals surface area contributed by atoms with E-state index >= 15 is 0 Å². The first kappa shape index (κ1) is 24.7. The number of nitrogens with zero attached hydrogens (tertiary/aromatic N) is 1. The van der Waals surface area contributed by atoms with Crippen LogP contribution in [0.1, 0.15) is 55.4 Å². The zero-order valence-electron chi connectivity index (χ0n) is 20.9. The fraction of sp³-hybridized carbons (Fsp3) is 0.625. The van der Waals surface area contributed by atoms with E-state index in [0.29, 0.717) is 22.4 Å². The van der Waals surface area contributed by atoms with Crippen molar-refractivity contribution in [1.29, 1.82) is 0 Å². The highest BCUT2D eigenvalue weighted by Crippen LogP contribution is 2.44. The molecule has 0 aliphatic rings. The number of carbonyl (C=O) groups is 1. The number of fused-ring (bicyclic) bond motifs is 1. The normalized spacial score (nSPS) is 13.2. The summed E-state index contributed by atoms with van der Waals surface area (Å²) in [5.41, 5.74) is 3.16. The molecule has 0 atom stereocenters. The summed E-state index contributed by atoms with van der Waals surface area (Å²) in [6.07, 6.45) is 1.94. The predicted molar refractivity (Wildman–Crippen MR) is 136 cm³/mol. The van der Waals surface area contributed by atoms with Crippen molar-refractivity contribution in [2.75, 3.05) is 0 Å². The number of hydrogen-bond acceptors (Lipinski definition) is 2. The summed E-state index contributed by atoms with van der Waals surface area (Å²) in [6, 6.07) is 6.51. The molecule has 1 aromatic heterocycles. The van der Waals surface area contributed by atoms with Crippen molar-refractivity contribution in [2.24, 2.45) is 0 Å². The SMILES string of the molecule is CC(C)NC(=O)Oc1ccc2c(ccn2[Si](C(C)C)(C(C)C)C(C)C)c1[Si](C)(C)C. The minimum Gasteiger partial charge on any atom is -0.410 e. The van der Waals surface area contributed by atoms with E-state index in [2.05, 4.69) is 89.1 Å². The van der Waals surface area contributed by atoms with Gasteiger partial charge in [0.05, 0.1) is 8.07 Å². The Balaban J connectivity index is 2.77. The standard InChI is InChI=1S/C24H42N2O2Si2/c1-16(2)25-24(27)28-22-13-12-21-20(23(22)29(9,10)11)14-15-26(21)30(17(3)4,18(5)6)19(7)8/h12-19H,1-11H3,(H,25,27). The van der Waals surface area contributed by atoms with Crippen LogP contribution in [0.2, 0.25) is 36.3 Å². The minimum atomic E-state index is -1.86. The molecule has 1 aromatic carbocycles. The van der Waals surface area contributed by atoms with Gasteiger partial charge in [-0.05, 0) is 60.1 Å². The van der Waals surface area contributed by atoms with Crippen molar-refractivity contribution in [3.63, 3.8) is 0 Å². The Morgan fingerprint density at radius 2 is 1.43 bits per heavy atom. The van der Waals surface area contributed by atoms with Crippen molar-refractivity contribution in [3.8, 4) is 5.75 Å². The van der Waals surface area contributed by atoms with Crippen molar-refractivity contribution in [2.45, 2.75) is 97.7 Å². The molecule has 1 amide bonds. The summed E-state index contributed by atoms with van der Waals surface area (Å²) in [5, 5.41) is 5.33. The second kappa shape index (κ2) is 8.91. The van der Waals surface area contributed by atoms with Crippen molar-refractivity contribution < 1.29 is 9.53 Å². The predicted octanol–water partition coefficient (Wildman–Crippen LogP) is 6.71. The van der Waals surface area contributed by atoms with Crippen LogP contribution >= 0.6 is 0 Å². The molecule has 6 heteroatoms. The van der Waals surface area contributed by atoms with Gasteiger partial charge in [-0.15, -0.1) is 0 Å². The fourth-order valence-corrected chi connectivity index (χ4v) is 14.1. The van der Waals surface area contributed by atoms with Gasteiger partial charge in [-0.3, -0.25) is 0 Å². The smallest absolute Gasteiger partial charge is 0.410 e. The van der Waals surface area contributed by atoms with Crippen LogP contribution in [-0.2, 0) is 0 Å². The first-order valence-corrected chi connectivity index (χ1v) is 17.1. The highest BCUT2D eigenvalue weighted by atomic mass is 28.3. The lowest BCUT2D eigenvalue weighted by molar-refractivity contribution is 0.198. The number of amides is 1. The van der Waals surface area contributed by atoms with Crippen LogP contribution in [0.3, 0.4) is 0 Å². The number of carbonyl (C=O) groups excluding carboxylic acids is 1. The number of benzene rings is 1. The molecule has 0 saturated heterocycles. The van der Waals surface area contributed by atoms with Gasteiger partial charge in [-0.25, -0.2) is 4.79 Å². The van der Waals surface area contributed by atoms with Crippen LogP contribution in [0.15, 0.2) is 24.4 Å². The van der Waals surface area contributed by atoms with E-state index in [-0.39, 0.29) is 12.1 Å². The van der Waals surface area contributed by atoms with Crippen molar-refractivity contribution >= 4 is 38.5 Å². The van der Waals surface area contributed by atoms with Crippen LogP contribution in [-0.4, -0.2) is 32.7 Å². The Labute approximate surface area is 185 Å². The zero-order chi connectivity index (χ0) is 23.0. The summed E-state index contributed by atoms with van der Waals surface area (Å²) < 4.78 is 8.46. The topological polar surface area (TPSA) is 43.3 Å². The minimum absolute atomic E-state index is 0.0485. The molecule has 2 rings (SSSR count). The van der Waals surface area contributed by atoms with Gasteiger partial charge in [0.25, 0.3) is 0 Å². The molecule has 4 nitrogen and oxygen atoms in total. The number of hydrogen-bond donors (Lipinski definition) is 1. The van der Waals surface area contributed by atoms with Gasteiger partial charge in [0.2, 0.25) is 0 Å². The summed E-state index contributed by atoms with van der Waals surface area (Å²) in [7, 11) is -3.64. The summed E-state index contributed by atoms with van der Waals surface area (Å²) in [6.45, 7) is 25.2. The largest absolute Gasteiger partial charge is 0.412 e. The van der Waals surface area contributed by atoms with Crippen LogP contribution in [0, 0.1) is 0 Å². The average Bonchev–Trinajstić information content (AvgIpc) is 2.96. The molecular formula is C24H42N2O2Si2. The highest BCUT2D eigenvalue weighted by molar-refractivity contribution is 6.91. The molecule has 2 aromatic rings. The molecule has 0 unspecified atom stereocenters. The van der Waals surface area contributed by atoms with Crippen LogP contribution in [0.5, 0.6) is 5.75 Å². The van der Waals surface area contributed by atoms with Gasteiger partial charge < -0.3 is 14.3 Å². The molecule has 0 spiro atoms. The van der Waals surface area contributed by atoms with Crippen molar-refractivity contribution in [3.05, 3.63) is 24.4 Å². The third-order valence-electron chi connectivity index (χ3n) is 6.39. The number of aromatic nitrogens is 1. The van der Waals surface area contributed by atoms with Crippen molar-refractivity contribution in [1.82, 2.24) is 9.55 Å². The molecule has 1 heterocycles. The molecule has 0 aliphatic carbocycles. The molecule has 168 valence electrons. The van der Waals surface area contributed by atoms with E-state index in [1.54, 1.807) is 0 Å². The second-order valence-electron chi connectivity index (χ2n) is 10.8. The fourth-order valence-electron chi connectivity index (χ4n) is 5.59. The Morgan fingerprint density at radius 1 is 0.900 bits per heavy atom. The summed E-state index contributed by atoms with van der Waals surface area (Å²) in [5.74, 6) is 0.712. The average molecular weight is 447 g/mol. The summed E-state index contributed by atoms with van der Waals surface area (Å²) in [4.78, 5) is 12.4. The lowest BCUT2D eigenvalue weighted by Crippen LogP contribution is -2.51. The van der Waals surface area contributed by atoms with E-state index < -0.39 is 16.3 Å². The van der Waals surface area contributed by atoms with Crippen LogP contribution < -0.4 is 15.2 Å². The van der Waals surface area contributed by atoms with Gasteiger partial charge in [0.1, 0.15) is 5.75 Å². The van der Waals surface area contributed by atoms with Gasteiger partial charge in [0.15, 0.2) is 8.24 Å². The second-order valence-corrected chi connectivity index (χ2v) is 21.6. The van der Waals surface area contributed by atoms with Gasteiger partial charge in [-0.1, -0.05) is 61.2 Å². The van der Waals surface area contributed by atoms with Gasteiger partial charge in [-0.2, -0.15) is 0 Å². The number of ether oxygens (including phenoxy) is 1. The monoisotopic (exact) mass is 446 g/mol. The maximum atomic E-state index is 12.4. The Hall–Kier alpha value is -1.54. The third kappa shape index (κ3) is 4.40. The number of nitrogens with one attached hydrogen (secondary N) is 1. The molecule has 0 fully saturated rings. The number of rotatable bonds is 7. The lowest BCUT2D eigenvalue weighted by Gasteiger charge is -2.44. The molecule has 1 N–H and O–H groups in total. The van der Waals surface area contributed by atoms with Crippen LogP contribution in [0.4, 0.5) is 4.79 Å².